The normalized spacial score (nSPS) is 21.1. The first-order valence-electron chi connectivity index (χ1n) is 8.03. The molecule has 1 aromatic carbocycles. The highest BCUT2D eigenvalue weighted by Gasteiger charge is 2.27. The van der Waals surface area contributed by atoms with E-state index in [0.717, 1.165) is 31.1 Å². The van der Waals surface area contributed by atoms with Crippen molar-refractivity contribution in [2.75, 3.05) is 13.1 Å². The Morgan fingerprint density at radius 2 is 1.95 bits per heavy atom. The van der Waals surface area contributed by atoms with Gasteiger partial charge in [0.25, 0.3) is 0 Å². The molecular weight excluding hydrogens is 261 g/mol. The third-order valence-electron chi connectivity index (χ3n) is 4.70. The van der Waals surface area contributed by atoms with E-state index in [1.165, 1.54) is 19.3 Å². The van der Waals surface area contributed by atoms with Gasteiger partial charge in [0.05, 0.1) is 0 Å². The smallest absolute Gasteiger partial charge is 0.423 e. The number of hydrogen-bond acceptors (Lipinski definition) is 3. The zero-order valence-corrected chi connectivity index (χ0v) is 13.5. The average Bonchev–Trinajstić information content (AvgIpc) is 2.64. The van der Waals surface area contributed by atoms with Crippen LogP contribution < -0.4 is 5.46 Å². The van der Waals surface area contributed by atoms with E-state index in [-0.39, 0.29) is 0 Å². The first kappa shape index (κ1) is 16.5. The molecule has 0 spiro atoms. The highest BCUT2D eigenvalue weighted by atomic mass is 16.4. The second kappa shape index (κ2) is 6.95. The molecule has 2 N–H and O–H groups in total. The van der Waals surface area contributed by atoms with Gasteiger partial charge in [-0.1, -0.05) is 45.0 Å². The third kappa shape index (κ3) is 4.84. The molecule has 1 saturated heterocycles. The summed E-state index contributed by atoms with van der Waals surface area (Å²) in [5.74, 6) is 0.799. The van der Waals surface area contributed by atoms with Gasteiger partial charge in [-0.2, -0.15) is 0 Å². The Kier molecular flexibility index (Phi) is 5.47. The van der Waals surface area contributed by atoms with Gasteiger partial charge in [-0.25, -0.2) is 0 Å². The molecule has 0 aliphatic carbocycles. The maximum absolute atomic E-state index is 9.27. The summed E-state index contributed by atoms with van der Waals surface area (Å²) in [6, 6.07) is 7.63. The van der Waals surface area contributed by atoms with Gasteiger partial charge in [-0.3, -0.25) is 4.90 Å². The molecule has 1 aliphatic rings. The molecule has 0 saturated carbocycles. The lowest BCUT2D eigenvalue weighted by Crippen LogP contribution is -2.31. The predicted octanol–water partition coefficient (Wildman–Crippen LogP) is 2.01. The molecule has 1 aliphatic heterocycles. The van der Waals surface area contributed by atoms with E-state index >= 15 is 0 Å². The van der Waals surface area contributed by atoms with Gasteiger partial charge in [0.1, 0.15) is 0 Å². The van der Waals surface area contributed by atoms with E-state index in [1.807, 2.05) is 12.1 Å². The summed E-state index contributed by atoms with van der Waals surface area (Å²) >= 11 is 0. The number of hydrogen-bond donors (Lipinski definition) is 2. The van der Waals surface area contributed by atoms with Gasteiger partial charge < -0.3 is 10.0 Å². The molecule has 0 radical (unpaired) electrons. The quantitative estimate of drug-likeness (QED) is 0.837. The Labute approximate surface area is 129 Å². The summed E-state index contributed by atoms with van der Waals surface area (Å²) < 4.78 is 0. The Morgan fingerprint density at radius 3 is 2.62 bits per heavy atom. The van der Waals surface area contributed by atoms with Crippen LogP contribution in [0.1, 0.15) is 45.6 Å². The van der Waals surface area contributed by atoms with Crippen LogP contribution in [0.4, 0.5) is 0 Å². The molecule has 0 amide bonds. The number of benzene rings is 1. The van der Waals surface area contributed by atoms with Crippen molar-refractivity contribution < 1.29 is 10.0 Å². The first-order chi connectivity index (χ1) is 9.86. The minimum Gasteiger partial charge on any atom is -0.423 e. The molecule has 21 heavy (non-hydrogen) atoms. The molecule has 1 fully saturated rings. The topological polar surface area (TPSA) is 43.7 Å². The van der Waals surface area contributed by atoms with Gasteiger partial charge in [-0.05, 0) is 54.7 Å². The van der Waals surface area contributed by atoms with E-state index in [9.17, 15) is 10.0 Å². The fourth-order valence-corrected chi connectivity index (χ4v) is 3.29. The lowest BCUT2D eigenvalue weighted by molar-refractivity contribution is 0.206. The zero-order valence-electron chi connectivity index (χ0n) is 13.5. The van der Waals surface area contributed by atoms with Gasteiger partial charge >= 0.3 is 7.12 Å². The monoisotopic (exact) mass is 289 g/mol. The van der Waals surface area contributed by atoms with Crippen LogP contribution in [0.5, 0.6) is 0 Å². The highest BCUT2D eigenvalue weighted by molar-refractivity contribution is 6.58. The standard InChI is InChI=1S/C17H28BNO2/c1-17(2,3)15-7-5-10-19(11-9-15)13-14-6-4-8-16(12-14)18(20)21/h4,6,8,12,15,20-21H,5,7,9-11,13H2,1-3H3. The van der Waals surface area contributed by atoms with Crippen LogP contribution in [0.3, 0.4) is 0 Å². The fourth-order valence-electron chi connectivity index (χ4n) is 3.29. The van der Waals surface area contributed by atoms with Crippen molar-refractivity contribution >= 4 is 12.6 Å². The van der Waals surface area contributed by atoms with Crippen LogP contribution in [0, 0.1) is 11.3 Å². The number of rotatable bonds is 3. The molecule has 4 heteroatoms. The van der Waals surface area contributed by atoms with Crippen LogP contribution in [0.15, 0.2) is 24.3 Å². The summed E-state index contributed by atoms with van der Waals surface area (Å²) in [4.78, 5) is 2.49. The summed E-state index contributed by atoms with van der Waals surface area (Å²) in [5, 5.41) is 18.5. The van der Waals surface area contributed by atoms with E-state index in [2.05, 4.69) is 31.7 Å². The minimum atomic E-state index is -1.38. The molecule has 1 aromatic rings. The van der Waals surface area contributed by atoms with Crippen LogP contribution >= 0.6 is 0 Å². The summed E-state index contributed by atoms with van der Waals surface area (Å²) in [6.07, 6.45) is 3.82. The van der Waals surface area contributed by atoms with Crippen molar-refractivity contribution in [3.8, 4) is 0 Å². The van der Waals surface area contributed by atoms with Crippen LogP contribution in [0.2, 0.25) is 0 Å². The Balaban J connectivity index is 1.96. The lowest BCUT2D eigenvalue weighted by Gasteiger charge is -2.29. The van der Waals surface area contributed by atoms with Gasteiger partial charge in [-0.15, -0.1) is 0 Å². The van der Waals surface area contributed by atoms with Gasteiger partial charge in [0.15, 0.2) is 0 Å². The second-order valence-corrected chi connectivity index (χ2v) is 7.39. The molecule has 1 heterocycles. The van der Waals surface area contributed by atoms with Gasteiger partial charge in [0.2, 0.25) is 0 Å². The largest absolute Gasteiger partial charge is 0.488 e. The van der Waals surface area contributed by atoms with E-state index in [0.29, 0.717) is 10.9 Å². The Bertz CT molecular complexity index is 456. The molecule has 2 rings (SSSR count). The summed E-state index contributed by atoms with van der Waals surface area (Å²) in [6.45, 7) is 10.2. The zero-order chi connectivity index (χ0) is 15.5. The SMILES string of the molecule is CC(C)(C)C1CCCN(Cc2cccc(B(O)O)c2)CC1. The molecule has 1 unspecified atom stereocenters. The van der Waals surface area contributed by atoms with Crippen LogP contribution in [-0.4, -0.2) is 35.2 Å². The van der Waals surface area contributed by atoms with E-state index < -0.39 is 7.12 Å². The number of nitrogens with zero attached hydrogens (tertiary/aromatic N) is 1. The van der Waals surface area contributed by atoms with Crippen molar-refractivity contribution in [3.05, 3.63) is 29.8 Å². The highest BCUT2D eigenvalue weighted by Crippen LogP contribution is 2.34. The van der Waals surface area contributed by atoms with E-state index in [4.69, 9.17) is 0 Å². The van der Waals surface area contributed by atoms with Crippen LogP contribution in [-0.2, 0) is 6.54 Å². The predicted molar refractivity (Wildman–Crippen MR) is 88.3 cm³/mol. The lowest BCUT2D eigenvalue weighted by atomic mass is 9.77. The number of likely N-dealkylation sites (tertiary alicyclic amines) is 1. The fraction of sp³-hybridized carbons (Fsp3) is 0.647. The van der Waals surface area contributed by atoms with Crippen molar-refractivity contribution in [3.63, 3.8) is 0 Å². The summed E-state index contributed by atoms with van der Waals surface area (Å²) in [7, 11) is -1.38. The molecule has 1 atom stereocenters. The van der Waals surface area contributed by atoms with Crippen molar-refractivity contribution in [2.24, 2.45) is 11.3 Å². The molecule has 0 bridgehead atoms. The molecule has 116 valence electrons. The minimum absolute atomic E-state index is 0.400. The average molecular weight is 289 g/mol. The van der Waals surface area contributed by atoms with Crippen molar-refractivity contribution in [1.29, 1.82) is 0 Å². The van der Waals surface area contributed by atoms with Gasteiger partial charge in [0, 0.05) is 6.54 Å². The maximum Gasteiger partial charge on any atom is 0.488 e. The Morgan fingerprint density at radius 1 is 1.19 bits per heavy atom. The van der Waals surface area contributed by atoms with E-state index in [1.54, 1.807) is 6.07 Å². The second-order valence-electron chi connectivity index (χ2n) is 7.39. The van der Waals surface area contributed by atoms with Crippen molar-refractivity contribution in [1.82, 2.24) is 4.90 Å². The first-order valence-corrected chi connectivity index (χ1v) is 8.03. The molecule has 3 nitrogen and oxygen atoms in total. The maximum atomic E-state index is 9.27. The van der Waals surface area contributed by atoms with Crippen molar-refractivity contribution in [2.45, 2.75) is 46.6 Å². The molecular formula is C17H28BNO2. The Hall–Kier alpha value is -0.835. The van der Waals surface area contributed by atoms with Crippen LogP contribution in [0.25, 0.3) is 0 Å². The third-order valence-corrected chi connectivity index (χ3v) is 4.70. The summed E-state index contributed by atoms with van der Waals surface area (Å²) in [5.41, 5.74) is 2.14. The molecule has 0 aromatic heterocycles.